The van der Waals surface area contributed by atoms with E-state index in [2.05, 4.69) is 16.7 Å². The average Bonchev–Trinajstić information content (AvgIpc) is 2.38. The summed E-state index contributed by atoms with van der Waals surface area (Å²) < 4.78 is 0. The topological polar surface area (TPSA) is 6.48 Å². The van der Waals surface area contributed by atoms with E-state index < -0.39 is 0 Å². The Hall–Kier alpha value is 0.500. The zero-order valence-corrected chi connectivity index (χ0v) is 15.1. The Labute approximate surface area is 142 Å². The van der Waals surface area contributed by atoms with E-state index in [9.17, 15) is 0 Å². The molecular formula is C17H32Cl2N2. The fourth-order valence-corrected chi connectivity index (χ4v) is 6.21. The van der Waals surface area contributed by atoms with Crippen LogP contribution in [0, 0.1) is 17.8 Å². The SMILES string of the molecule is CCCN1CCN(C23CC4CC(CC(C4)C2)C3)CC1.Cl.Cl. The zero-order chi connectivity index (χ0) is 12.9. The highest BCUT2D eigenvalue weighted by atomic mass is 35.5. The molecule has 1 heterocycles. The average molecular weight is 335 g/mol. The third kappa shape index (κ3) is 3.24. The number of hydrogen-bond acceptors (Lipinski definition) is 2. The third-order valence-electron chi connectivity index (χ3n) is 6.59. The van der Waals surface area contributed by atoms with Crippen molar-refractivity contribution in [3.63, 3.8) is 0 Å². The van der Waals surface area contributed by atoms with Crippen LogP contribution >= 0.6 is 24.8 Å². The van der Waals surface area contributed by atoms with Gasteiger partial charge >= 0.3 is 0 Å². The summed E-state index contributed by atoms with van der Waals surface area (Å²) >= 11 is 0. The first kappa shape index (κ1) is 17.8. The lowest BCUT2D eigenvalue weighted by molar-refractivity contribution is -0.101. The van der Waals surface area contributed by atoms with Crippen molar-refractivity contribution < 1.29 is 0 Å². The predicted molar refractivity (Wildman–Crippen MR) is 93.7 cm³/mol. The molecule has 0 amide bonds. The molecule has 0 atom stereocenters. The fraction of sp³-hybridized carbons (Fsp3) is 1.00. The van der Waals surface area contributed by atoms with E-state index in [0.29, 0.717) is 5.54 Å². The third-order valence-corrected chi connectivity index (χ3v) is 6.59. The maximum Gasteiger partial charge on any atom is 0.0218 e. The van der Waals surface area contributed by atoms with E-state index >= 15 is 0 Å². The fourth-order valence-electron chi connectivity index (χ4n) is 6.21. The number of halogens is 2. The summed E-state index contributed by atoms with van der Waals surface area (Å²) in [4.78, 5) is 5.61. The minimum absolute atomic E-state index is 0. The molecule has 1 saturated heterocycles. The van der Waals surface area contributed by atoms with Crippen molar-refractivity contribution in [3.05, 3.63) is 0 Å². The van der Waals surface area contributed by atoms with Gasteiger partial charge in [-0.2, -0.15) is 0 Å². The van der Waals surface area contributed by atoms with E-state index in [1.54, 1.807) is 38.5 Å². The Bertz CT molecular complexity index is 304. The van der Waals surface area contributed by atoms with E-state index in [-0.39, 0.29) is 24.8 Å². The van der Waals surface area contributed by atoms with Gasteiger partial charge in [0, 0.05) is 31.7 Å². The van der Waals surface area contributed by atoms with Crippen molar-refractivity contribution in [2.45, 2.75) is 57.4 Å². The van der Waals surface area contributed by atoms with Gasteiger partial charge in [-0.25, -0.2) is 0 Å². The molecule has 21 heavy (non-hydrogen) atoms. The standard InChI is InChI=1S/C17H30N2.2ClH/c1-2-3-18-4-6-19(7-5-18)17-11-14-8-15(12-17)10-16(9-14)13-17;;/h14-16H,2-13H2,1H3;2*1H. The highest BCUT2D eigenvalue weighted by molar-refractivity contribution is 5.85. The van der Waals surface area contributed by atoms with E-state index in [1.165, 1.54) is 39.1 Å². The Balaban J connectivity index is 0.000000807. The lowest BCUT2D eigenvalue weighted by Crippen LogP contribution is -2.63. The Kier molecular flexibility index (Phi) is 5.90. The van der Waals surface area contributed by atoms with Crippen LogP contribution in [0.1, 0.15) is 51.9 Å². The van der Waals surface area contributed by atoms with Gasteiger partial charge in [-0.15, -0.1) is 24.8 Å². The molecule has 0 N–H and O–H groups in total. The predicted octanol–water partition coefficient (Wildman–Crippen LogP) is 3.83. The van der Waals surface area contributed by atoms with Gasteiger partial charge in [-0.05, 0) is 69.2 Å². The first-order valence-electron chi connectivity index (χ1n) is 8.75. The van der Waals surface area contributed by atoms with Crippen molar-refractivity contribution in [1.82, 2.24) is 9.80 Å². The maximum atomic E-state index is 2.93. The van der Waals surface area contributed by atoms with Crippen LogP contribution in [-0.4, -0.2) is 48.1 Å². The van der Waals surface area contributed by atoms with Gasteiger partial charge in [-0.3, -0.25) is 4.90 Å². The van der Waals surface area contributed by atoms with Crippen molar-refractivity contribution >= 4 is 24.8 Å². The second kappa shape index (κ2) is 6.95. The zero-order valence-electron chi connectivity index (χ0n) is 13.4. The first-order valence-corrected chi connectivity index (χ1v) is 8.75. The molecule has 0 spiro atoms. The van der Waals surface area contributed by atoms with Crippen LogP contribution in [-0.2, 0) is 0 Å². The summed E-state index contributed by atoms with van der Waals surface area (Å²) in [5, 5.41) is 0. The highest BCUT2D eigenvalue weighted by Crippen LogP contribution is 2.57. The highest BCUT2D eigenvalue weighted by Gasteiger charge is 2.53. The molecule has 0 aromatic carbocycles. The second-order valence-corrected chi connectivity index (χ2v) is 7.97. The molecular weight excluding hydrogens is 303 g/mol. The van der Waals surface area contributed by atoms with Crippen LogP contribution in [0.2, 0.25) is 0 Å². The van der Waals surface area contributed by atoms with Gasteiger partial charge < -0.3 is 4.90 Å². The summed E-state index contributed by atoms with van der Waals surface area (Å²) in [6.45, 7) is 8.99. The minimum Gasteiger partial charge on any atom is -0.301 e. The number of nitrogens with zero attached hydrogens (tertiary/aromatic N) is 2. The normalized spacial score (nSPS) is 42.4. The largest absolute Gasteiger partial charge is 0.301 e. The van der Waals surface area contributed by atoms with E-state index in [1.807, 2.05) is 0 Å². The van der Waals surface area contributed by atoms with Crippen molar-refractivity contribution in [3.8, 4) is 0 Å². The molecule has 4 saturated carbocycles. The first-order chi connectivity index (χ1) is 9.27. The lowest BCUT2D eigenvalue weighted by Gasteiger charge is -2.61. The molecule has 2 nitrogen and oxygen atoms in total. The van der Waals surface area contributed by atoms with E-state index in [0.717, 1.165) is 17.8 Å². The molecule has 0 unspecified atom stereocenters. The summed E-state index contributed by atoms with van der Waals surface area (Å²) in [5.41, 5.74) is 0.660. The van der Waals surface area contributed by atoms with Crippen LogP contribution in [0.25, 0.3) is 0 Å². The summed E-state index contributed by atoms with van der Waals surface area (Å²) in [7, 11) is 0. The van der Waals surface area contributed by atoms with Crippen molar-refractivity contribution in [2.24, 2.45) is 17.8 Å². The lowest BCUT2D eigenvalue weighted by atomic mass is 9.52. The van der Waals surface area contributed by atoms with Crippen LogP contribution < -0.4 is 0 Å². The van der Waals surface area contributed by atoms with Gasteiger partial charge in [0.25, 0.3) is 0 Å². The molecule has 4 bridgehead atoms. The van der Waals surface area contributed by atoms with Gasteiger partial charge in [0.15, 0.2) is 0 Å². The summed E-state index contributed by atoms with van der Waals surface area (Å²) in [6.07, 6.45) is 10.7. The summed E-state index contributed by atoms with van der Waals surface area (Å²) in [5.74, 6) is 3.29. The van der Waals surface area contributed by atoms with Gasteiger partial charge in [0.05, 0.1) is 0 Å². The number of piperazine rings is 1. The quantitative estimate of drug-likeness (QED) is 0.773. The Morgan fingerprint density at radius 1 is 0.810 bits per heavy atom. The number of rotatable bonds is 3. The Morgan fingerprint density at radius 2 is 1.29 bits per heavy atom. The van der Waals surface area contributed by atoms with Crippen molar-refractivity contribution in [2.75, 3.05) is 32.7 Å². The smallest absolute Gasteiger partial charge is 0.0218 e. The number of hydrogen-bond donors (Lipinski definition) is 0. The van der Waals surface area contributed by atoms with Gasteiger partial charge in [0.2, 0.25) is 0 Å². The van der Waals surface area contributed by atoms with Gasteiger partial charge in [0.1, 0.15) is 0 Å². The molecule has 0 aromatic rings. The second-order valence-electron chi connectivity index (χ2n) is 7.97. The van der Waals surface area contributed by atoms with Crippen LogP contribution in [0.4, 0.5) is 0 Å². The van der Waals surface area contributed by atoms with E-state index in [4.69, 9.17) is 0 Å². The molecule has 124 valence electrons. The minimum atomic E-state index is 0. The Morgan fingerprint density at radius 3 is 1.71 bits per heavy atom. The van der Waals surface area contributed by atoms with Crippen LogP contribution in [0.5, 0.6) is 0 Å². The molecule has 1 aliphatic heterocycles. The molecule has 4 aliphatic carbocycles. The molecule has 5 rings (SSSR count). The monoisotopic (exact) mass is 334 g/mol. The van der Waals surface area contributed by atoms with Crippen LogP contribution in [0.3, 0.4) is 0 Å². The maximum absolute atomic E-state index is 2.93. The molecule has 4 heteroatoms. The van der Waals surface area contributed by atoms with Crippen LogP contribution in [0.15, 0.2) is 0 Å². The molecule has 0 aromatic heterocycles. The van der Waals surface area contributed by atoms with Gasteiger partial charge in [-0.1, -0.05) is 6.92 Å². The molecule has 5 aliphatic rings. The summed E-state index contributed by atoms with van der Waals surface area (Å²) in [6, 6.07) is 0. The molecule has 5 fully saturated rings. The van der Waals surface area contributed by atoms with Crippen molar-refractivity contribution in [1.29, 1.82) is 0 Å². The molecule has 0 radical (unpaired) electrons.